The molecule has 0 fully saturated rings. The van der Waals surface area contributed by atoms with E-state index >= 15 is 0 Å². The van der Waals surface area contributed by atoms with Gasteiger partial charge in [0, 0.05) is 6.54 Å². The van der Waals surface area contributed by atoms with Crippen LogP contribution in [0.25, 0.3) is 0 Å². The first-order chi connectivity index (χ1) is 6.88. The number of nitrogens with two attached hydrogens (primary N) is 1. The van der Waals surface area contributed by atoms with Gasteiger partial charge in [-0.05, 0) is 33.6 Å². The predicted octanol–water partition coefficient (Wildman–Crippen LogP) is 1.45. The summed E-state index contributed by atoms with van der Waals surface area (Å²) >= 11 is 0. The monoisotopic (exact) mass is 249 g/mol. The molecule has 0 saturated carbocycles. The molecular weight excluding hydrogens is 230 g/mol. The average Bonchev–Trinajstić information content (AvgIpc) is 2.05. The number of halogens is 1. The summed E-state index contributed by atoms with van der Waals surface area (Å²) in [7, 11) is 0. The molecule has 0 spiro atoms. The van der Waals surface area contributed by atoms with Crippen LogP contribution < -0.4 is 11.1 Å². The van der Waals surface area contributed by atoms with Gasteiger partial charge in [0.1, 0.15) is 11.4 Å². The summed E-state index contributed by atoms with van der Waals surface area (Å²) in [5.41, 5.74) is 5.19. The van der Waals surface area contributed by atoms with Crippen molar-refractivity contribution in [1.29, 1.82) is 0 Å². The fourth-order valence-electron chi connectivity index (χ4n) is 1.36. The molecule has 0 saturated heterocycles. The molecule has 1 rings (SSSR count). The number of carbonyl (C=O) groups excluding carboxylic acids is 1. The highest BCUT2D eigenvalue weighted by Crippen LogP contribution is 2.09. The fourth-order valence-corrected chi connectivity index (χ4v) is 1.36. The molecule has 5 nitrogen and oxygen atoms in total. The van der Waals surface area contributed by atoms with Crippen LogP contribution in [0.1, 0.15) is 33.6 Å². The van der Waals surface area contributed by atoms with Gasteiger partial charge < -0.3 is 15.8 Å². The van der Waals surface area contributed by atoms with Gasteiger partial charge in [-0.1, -0.05) is 0 Å². The number of aliphatic imine (C=N–C) groups is 1. The van der Waals surface area contributed by atoms with Crippen molar-refractivity contribution >= 4 is 24.3 Å². The summed E-state index contributed by atoms with van der Waals surface area (Å²) in [5.74, 6) is 0.493. The summed E-state index contributed by atoms with van der Waals surface area (Å²) in [6.07, 6.45) is 1.34. The molecule has 6 heteroatoms. The molecule has 16 heavy (non-hydrogen) atoms. The summed E-state index contributed by atoms with van der Waals surface area (Å²) in [6.45, 7) is 6.22. The molecule has 1 atom stereocenters. The molecule has 1 amide bonds. The first kappa shape index (κ1) is 15.0. The zero-order valence-electron chi connectivity index (χ0n) is 9.95. The van der Waals surface area contributed by atoms with E-state index in [0.29, 0.717) is 5.84 Å². The van der Waals surface area contributed by atoms with Gasteiger partial charge in [0.2, 0.25) is 0 Å². The Morgan fingerprint density at radius 1 is 1.56 bits per heavy atom. The Balaban J connectivity index is 0.00000225. The molecule has 1 heterocycles. The van der Waals surface area contributed by atoms with Crippen molar-refractivity contribution in [3.63, 3.8) is 0 Å². The van der Waals surface area contributed by atoms with Crippen LogP contribution in [0.2, 0.25) is 0 Å². The van der Waals surface area contributed by atoms with Crippen LogP contribution in [-0.2, 0) is 4.74 Å². The molecule has 0 radical (unpaired) electrons. The number of alkyl carbamates (subject to hydrolysis) is 1. The third-order valence-corrected chi connectivity index (χ3v) is 1.99. The maximum absolute atomic E-state index is 11.4. The normalized spacial score (nSPS) is 20.4. The van der Waals surface area contributed by atoms with Gasteiger partial charge in [0.25, 0.3) is 0 Å². The highest BCUT2D eigenvalue weighted by molar-refractivity contribution is 5.89. The molecule has 0 aliphatic carbocycles. The highest BCUT2D eigenvalue weighted by Gasteiger charge is 2.22. The van der Waals surface area contributed by atoms with Crippen molar-refractivity contribution in [2.45, 2.75) is 45.3 Å². The zero-order valence-corrected chi connectivity index (χ0v) is 10.8. The van der Waals surface area contributed by atoms with Gasteiger partial charge in [-0.25, -0.2) is 4.79 Å². The van der Waals surface area contributed by atoms with Crippen LogP contribution in [0.3, 0.4) is 0 Å². The Hall–Kier alpha value is -0.970. The van der Waals surface area contributed by atoms with E-state index < -0.39 is 11.7 Å². The van der Waals surface area contributed by atoms with Crippen molar-refractivity contribution < 1.29 is 9.53 Å². The van der Waals surface area contributed by atoms with Gasteiger partial charge in [0.15, 0.2) is 0 Å². The van der Waals surface area contributed by atoms with E-state index in [9.17, 15) is 4.79 Å². The average molecular weight is 250 g/mol. The second-order valence-electron chi connectivity index (χ2n) is 4.65. The number of ether oxygens (including phenoxy) is 1. The molecule has 1 aliphatic rings. The lowest BCUT2D eigenvalue weighted by molar-refractivity contribution is 0.0515. The predicted molar refractivity (Wildman–Crippen MR) is 66.1 cm³/mol. The smallest absolute Gasteiger partial charge is 0.408 e. The molecule has 1 aliphatic heterocycles. The Labute approximate surface area is 102 Å². The van der Waals surface area contributed by atoms with Crippen LogP contribution in [0.15, 0.2) is 4.99 Å². The Bertz CT molecular complexity index is 274. The maximum Gasteiger partial charge on any atom is 0.408 e. The van der Waals surface area contributed by atoms with E-state index in [1.54, 1.807) is 0 Å². The largest absolute Gasteiger partial charge is 0.444 e. The minimum atomic E-state index is -0.481. The number of nitrogens with one attached hydrogen (secondary N) is 1. The molecule has 0 aromatic heterocycles. The van der Waals surface area contributed by atoms with E-state index in [0.717, 1.165) is 19.4 Å². The third kappa shape index (κ3) is 5.21. The summed E-state index contributed by atoms with van der Waals surface area (Å²) in [5, 5.41) is 2.71. The van der Waals surface area contributed by atoms with E-state index in [1.807, 2.05) is 20.8 Å². The van der Waals surface area contributed by atoms with E-state index in [4.69, 9.17) is 10.5 Å². The number of hydrogen-bond donors (Lipinski definition) is 2. The lowest BCUT2D eigenvalue weighted by atomic mass is 10.1. The molecular formula is C10H20ClN3O2. The number of hydrogen-bond acceptors (Lipinski definition) is 4. The number of amidine groups is 1. The Kier molecular flexibility index (Phi) is 5.58. The van der Waals surface area contributed by atoms with Crippen LogP contribution in [0, 0.1) is 0 Å². The fraction of sp³-hybridized carbons (Fsp3) is 0.800. The van der Waals surface area contributed by atoms with Crippen LogP contribution in [-0.4, -0.2) is 30.1 Å². The van der Waals surface area contributed by atoms with Gasteiger partial charge in [-0.15, -0.1) is 12.4 Å². The number of rotatable bonds is 1. The summed E-state index contributed by atoms with van der Waals surface area (Å²) in [4.78, 5) is 15.5. The molecule has 94 valence electrons. The lowest BCUT2D eigenvalue weighted by Gasteiger charge is -2.24. The second-order valence-corrected chi connectivity index (χ2v) is 4.65. The lowest BCUT2D eigenvalue weighted by Crippen LogP contribution is -2.47. The van der Waals surface area contributed by atoms with E-state index in [-0.39, 0.29) is 18.4 Å². The topological polar surface area (TPSA) is 76.7 Å². The van der Waals surface area contributed by atoms with Gasteiger partial charge >= 0.3 is 6.09 Å². The molecule has 0 aromatic carbocycles. The summed E-state index contributed by atoms with van der Waals surface area (Å²) in [6, 6.07) is -0.173. The SMILES string of the molecule is CC(C)(C)OC(=O)N[C@H]1CCCN=C1N.Cl. The van der Waals surface area contributed by atoms with Crippen molar-refractivity contribution in [2.24, 2.45) is 10.7 Å². The molecule has 0 unspecified atom stereocenters. The maximum atomic E-state index is 11.4. The number of amides is 1. The molecule has 0 bridgehead atoms. The third-order valence-electron chi connectivity index (χ3n) is 1.99. The standard InChI is InChI=1S/C10H19N3O2.ClH/c1-10(2,3)15-9(14)13-7-5-4-6-12-8(7)11;/h7H,4-6H2,1-3H3,(H2,11,12)(H,13,14);1H/t7-;/m0./s1. The van der Waals surface area contributed by atoms with Crippen molar-refractivity contribution in [3.8, 4) is 0 Å². The van der Waals surface area contributed by atoms with Gasteiger partial charge in [-0.2, -0.15) is 0 Å². The quantitative estimate of drug-likeness (QED) is 0.739. The van der Waals surface area contributed by atoms with Crippen molar-refractivity contribution in [2.75, 3.05) is 6.54 Å². The highest BCUT2D eigenvalue weighted by atomic mass is 35.5. The van der Waals surface area contributed by atoms with Crippen molar-refractivity contribution in [3.05, 3.63) is 0 Å². The Morgan fingerprint density at radius 2 is 2.19 bits per heavy atom. The van der Waals surface area contributed by atoms with Gasteiger partial charge in [0.05, 0.1) is 6.04 Å². The zero-order chi connectivity index (χ0) is 11.5. The van der Waals surface area contributed by atoms with Gasteiger partial charge in [-0.3, -0.25) is 4.99 Å². The Morgan fingerprint density at radius 3 is 2.69 bits per heavy atom. The molecule has 3 N–H and O–H groups in total. The summed E-state index contributed by atoms with van der Waals surface area (Å²) < 4.78 is 5.13. The number of nitrogens with zero attached hydrogens (tertiary/aromatic N) is 1. The first-order valence-electron chi connectivity index (χ1n) is 5.18. The van der Waals surface area contributed by atoms with Crippen LogP contribution in [0.5, 0.6) is 0 Å². The molecule has 0 aromatic rings. The minimum Gasteiger partial charge on any atom is -0.444 e. The minimum absolute atomic E-state index is 0. The van der Waals surface area contributed by atoms with E-state index in [2.05, 4.69) is 10.3 Å². The second kappa shape index (κ2) is 5.94. The van der Waals surface area contributed by atoms with E-state index in [1.165, 1.54) is 0 Å². The number of carbonyl (C=O) groups is 1. The van der Waals surface area contributed by atoms with Crippen molar-refractivity contribution in [1.82, 2.24) is 5.32 Å². The van der Waals surface area contributed by atoms with Crippen LogP contribution >= 0.6 is 12.4 Å². The first-order valence-corrected chi connectivity index (χ1v) is 5.18. The van der Waals surface area contributed by atoms with Crippen LogP contribution in [0.4, 0.5) is 4.79 Å².